The summed E-state index contributed by atoms with van der Waals surface area (Å²) in [6.45, 7) is 0.0387. The van der Waals surface area contributed by atoms with E-state index in [1.807, 2.05) is 0 Å². The van der Waals surface area contributed by atoms with E-state index < -0.39 is 21.7 Å². The molecule has 8 nitrogen and oxygen atoms in total. The maximum absolute atomic E-state index is 13.5. The Morgan fingerprint density at radius 2 is 1.82 bits per heavy atom. The van der Waals surface area contributed by atoms with Crippen LogP contribution in [0.3, 0.4) is 0 Å². The SMILES string of the molecule is CNC(=O)c1c(-c2ccc(F)cc2)oc2cc(N(Cc3ccncc3)S(C)(=O)=O)c(OC)cc12. The lowest BCUT2D eigenvalue weighted by atomic mass is 10.0. The van der Waals surface area contributed by atoms with E-state index in [2.05, 4.69) is 10.3 Å². The summed E-state index contributed by atoms with van der Waals surface area (Å²) in [6, 6.07) is 12.1. The van der Waals surface area contributed by atoms with E-state index in [4.69, 9.17) is 9.15 Å². The van der Waals surface area contributed by atoms with Crippen LogP contribution in [0.5, 0.6) is 5.75 Å². The fourth-order valence-corrected chi connectivity index (χ4v) is 4.54. The van der Waals surface area contributed by atoms with Gasteiger partial charge in [-0.1, -0.05) is 0 Å². The van der Waals surface area contributed by atoms with Crippen molar-refractivity contribution in [3.8, 4) is 17.1 Å². The summed E-state index contributed by atoms with van der Waals surface area (Å²) in [7, 11) is -0.826. The van der Waals surface area contributed by atoms with Gasteiger partial charge in [-0.25, -0.2) is 12.8 Å². The van der Waals surface area contributed by atoms with Crippen molar-refractivity contribution in [3.05, 3.63) is 77.9 Å². The first-order valence-electron chi connectivity index (χ1n) is 10.2. The van der Waals surface area contributed by atoms with Gasteiger partial charge in [0.1, 0.15) is 22.9 Å². The molecule has 0 aliphatic rings. The average molecular weight is 484 g/mol. The molecule has 10 heteroatoms. The van der Waals surface area contributed by atoms with Gasteiger partial charge in [0.2, 0.25) is 10.0 Å². The first-order valence-corrected chi connectivity index (χ1v) is 12.1. The van der Waals surface area contributed by atoms with Crippen LogP contribution in [0.2, 0.25) is 0 Å². The number of rotatable bonds is 7. The van der Waals surface area contributed by atoms with Crippen LogP contribution in [-0.4, -0.2) is 39.7 Å². The van der Waals surface area contributed by atoms with E-state index in [0.717, 1.165) is 11.8 Å². The third-order valence-electron chi connectivity index (χ3n) is 5.29. The molecule has 1 N–H and O–H groups in total. The van der Waals surface area contributed by atoms with Crippen molar-refractivity contribution < 1.29 is 26.8 Å². The van der Waals surface area contributed by atoms with Crippen molar-refractivity contribution in [2.75, 3.05) is 24.7 Å². The number of ether oxygens (including phenoxy) is 1. The minimum atomic E-state index is -3.73. The van der Waals surface area contributed by atoms with Gasteiger partial charge in [0, 0.05) is 36.5 Å². The topological polar surface area (TPSA) is 102 Å². The molecule has 0 saturated heterocycles. The monoisotopic (exact) mass is 483 g/mol. The summed E-state index contributed by atoms with van der Waals surface area (Å²) in [6.07, 6.45) is 4.25. The number of amides is 1. The predicted molar refractivity (Wildman–Crippen MR) is 127 cm³/mol. The van der Waals surface area contributed by atoms with Gasteiger partial charge in [-0.2, -0.15) is 0 Å². The van der Waals surface area contributed by atoms with Gasteiger partial charge in [0.25, 0.3) is 5.91 Å². The molecule has 0 unspecified atom stereocenters. The van der Waals surface area contributed by atoms with Crippen LogP contribution < -0.4 is 14.4 Å². The Morgan fingerprint density at radius 3 is 2.41 bits per heavy atom. The number of nitrogens with zero attached hydrogens (tertiary/aromatic N) is 2. The minimum Gasteiger partial charge on any atom is -0.495 e. The third-order valence-corrected chi connectivity index (χ3v) is 6.42. The van der Waals surface area contributed by atoms with E-state index in [0.29, 0.717) is 10.9 Å². The molecule has 2 aromatic carbocycles. The fourth-order valence-electron chi connectivity index (χ4n) is 3.66. The zero-order valence-electron chi connectivity index (χ0n) is 18.7. The van der Waals surface area contributed by atoms with E-state index in [1.54, 1.807) is 30.6 Å². The molecule has 176 valence electrons. The summed E-state index contributed by atoms with van der Waals surface area (Å²) < 4.78 is 51.7. The molecule has 0 bridgehead atoms. The summed E-state index contributed by atoms with van der Waals surface area (Å²) in [5, 5.41) is 3.01. The molecule has 1 amide bonds. The molecule has 0 aliphatic carbocycles. The van der Waals surface area contributed by atoms with Gasteiger partial charge >= 0.3 is 0 Å². The molecule has 0 fully saturated rings. The van der Waals surface area contributed by atoms with Crippen LogP contribution in [0.15, 0.2) is 65.3 Å². The lowest BCUT2D eigenvalue weighted by Crippen LogP contribution is -2.29. The van der Waals surface area contributed by atoms with Crippen LogP contribution in [0.4, 0.5) is 10.1 Å². The quantitative estimate of drug-likeness (QED) is 0.427. The van der Waals surface area contributed by atoms with Gasteiger partial charge in [-0.15, -0.1) is 0 Å². The van der Waals surface area contributed by atoms with Crippen LogP contribution in [0.1, 0.15) is 15.9 Å². The fraction of sp³-hybridized carbons (Fsp3) is 0.167. The van der Waals surface area contributed by atoms with Crippen molar-refractivity contribution >= 4 is 32.6 Å². The number of furan rings is 1. The average Bonchev–Trinajstić information content (AvgIpc) is 3.20. The lowest BCUT2D eigenvalue weighted by Gasteiger charge is -2.24. The Kier molecular flexibility index (Phi) is 6.25. The summed E-state index contributed by atoms with van der Waals surface area (Å²) in [5.74, 6) is -0.368. The molecule has 34 heavy (non-hydrogen) atoms. The highest BCUT2D eigenvalue weighted by Gasteiger charge is 2.27. The third kappa shape index (κ3) is 4.44. The van der Waals surface area contributed by atoms with Crippen molar-refractivity contribution in [1.82, 2.24) is 10.3 Å². The highest BCUT2D eigenvalue weighted by molar-refractivity contribution is 7.92. The largest absolute Gasteiger partial charge is 0.495 e. The van der Waals surface area contributed by atoms with Crippen LogP contribution in [0, 0.1) is 5.82 Å². The van der Waals surface area contributed by atoms with Gasteiger partial charge < -0.3 is 14.5 Å². The molecule has 2 aromatic heterocycles. The molecule has 4 rings (SSSR count). The van der Waals surface area contributed by atoms with Gasteiger partial charge in [0.15, 0.2) is 0 Å². The Labute approximate surface area is 196 Å². The molecular formula is C24H22FN3O5S. The lowest BCUT2D eigenvalue weighted by molar-refractivity contribution is 0.0964. The second-order valence-corrected chi connectivity index (χ2v) is 9.44. The molecule has 0 radical (unpaired) electrons. The second-order valence-electron chi connectivity index (χ2n) is 7.54. The number of methoxy groups -OCH3 is 1. The highest BCUT2D eigenvalue weighted by Crippen LogP contribution is 2.41. The maximum Gasteiger partial charge on any atom is 0.255 e. The van der Waals surface area contributed by atoms with Crippen LogP contribution >= 0.6 is 0 Å². The zero-order valence-corrected chi connectivity index (χ0v) is 19.5. The predicted octanol–water partition coefficient (Wildman–Crippen LogP) is 3.97. The Hall–Kier alpha value is -3.92. The van der Waals surface area contributed by atoms with E-state index in [1.165, 1.54) is 48.8 Å². The normalized spacial score (nSPS) is 11.4. The Balaban J connectivity index is 1.95. The second kappa shape index (κ2) is 9.14. The van der Waals surface area contributed by atoms with Gasteiger partial charge in [-0.3, -0.25) is 14.1 Å². The van der Waals surface area contributed by atoms with Crippen LogP contribution in [-0.2, 0) is 16.6 Å². The Bertz CT molecular complexity index is 1450. The highest BCUT2D eigenvalue weighted by atomic mass is 32.2. The van der Waals surface area contributed by atoms with Crippen LogP contribution in [0.25, 0.3) is 22.3 Å². The number of hydrogen-bond donors (Lipinski definition) is 1. The molecule has 2 heterocycles. The standard InChI is InChI=1S/C24H22FN3O5S/c1-26-24(29)22-18-12-21(32-2)19(28(34(3,30)31)14-15-8-10-27-11-9-15)13-20(18)33-23(22)16-4-6-17(25)7-5-16/h4-13H,14H2,1-3H3,(H,26,29). The summed E-state index contributed by atoms with van der Waals surface area (Å²) in [5.41, 5.74) is 1.97. The number of anilines is 1. The van der Waals surface area contributed by atoms with E-state index in [-0.39, 0.29) is 34.9 Å². The molecule has 0 aliphatic heterocycles. The number of fused-ring (bicyclic) bond motifs is 1. The first-order chi connectivity index (χ1) is 16.2. The first kappa shape index (κ1) is 23.2. The summed E-state index contributed by atoms with van der Waals surface area (Å²) >= 11 is 0. The minimum absolute atomic E-state index is 0.0387. The van der Waals surface area contributed by atoms with Crippen molar-refractivity contribution in [3.63, 3.8) is 0 Å². The van der Waals surface area contributed by atoms with E-state index >= 15 is 0 Å². The number of nitrogens with one attached hydrogen (secondary N) is 1. The molecule has 0 atom stereocenters. The van der Waals surface area contributed by atoms with Gasteiger partial charge in [0.05, 0.1) is 31.2 Å². The summed E-state index contributed by atoms with van der Waals surface area (Å²) in [4.78, 5) is 16.7. The number of sulfonamides is 1. The van der Waals surface area contributed by atoms with Gasteiger partial charge in [-0.05, 0) is 48.0 Å². The number of benzene rings is 2. The Morgan fingerprint density at radius 1 is 1.15 bits per heavy atom. The van der Waals surface area contributed by atoms with Crippen molar-refractivity contribution in [2.45, 2.75) is 6.54 Å². The van der Waals surface area contributed by atoms with E-state index in [9.17, 15) is 17.6 Å². The number of carbonyl (C=O) groups is 1. The molecule has 0 saturated carbocycles. The maximum atomic E-state index is 13.5. The number of carbonyl (C=O) groups excluding carboxylic acids is 1. The van der Waals surface area contributed by atoms with Crippen molar-refractivity contribution in [1.29, 1.82) is 0 Å². The smallest absolute Gasteiger partial charge is 0.255 e. The number of hydrogen-bond acceptors (Lipinski definition) is 6. The number of aromatic nitrogens is 1. The van der Waals surface area contributed by atoms with Crippen molar-refractivity contribution in [2.24, 2.45) is 0 Å². The molecule has 4 aromatic rings. The number of pyridine rings is 1. The molecule has 0 spiro atoms. The number of halogens is 1. The zero-order chi connectivity index (χ0) is 24.5. The molecular weight excluding hydrogens is 461 g/mol.